The van der Waals surface area contributed by atoms with Crippen LogP contribution in [0, 0.1) is 12.3 Å². The van der Waals surface area contributed by atoms with Crippen molar-refractivity contribution < 1.29 is 4.74 Å². The normalized spacial score (nSPS) is 14.2. The summed E-state index contributed by atoms with van der Waals surface area (Å²) in [6.07, 6.45) is 10.0. The zero-order chi connectivity index (χ0) is 20.5. The van der Waals surface area contributed by atoms with Gasteiger partial charge in [0, 0.05) is 48.4 Å². The molecule has 0 radical (unpaired) electrons. The van der Waals surface area contributed by atoms with Crippen LogP contribution in [0.5, 0.6) is 0 Å². The van der Waals surface area contributed by atoms with Crippen LogP contribution in [0.4, 0.5) is 5.95 Å². The predicted octanol–water partition coefficient (Wildman–Crippen LogP) is 2.59. The summed E-state index contributed by atoms with van der Waals surface area (Å²) in [5, 5.41) is 1.06. The monoisotopic (exact) mass is 399 g/mol. The molecule has 8 heteroatoms. The number of rotatable bonds is 4. The molecule has 30 heavy (non-hydrogen) atoms. The fraction of sp³-hybridized carbons (Fsp3) is 0.273. The molecule has 4 aromatic rings. The maximum atomic E-state index is 5.58. The second-order valence-corrected chi connectivity index (χ2v) is 7.01. The number of benzene rings is 1. The van der Waals surface area contributed by atoms with Gasteiger partial charge in [-0.1, -0.05) is 19.1 Å². The first kappa shape index (κ1) is 18.3. The van der Waals surface area contributed by atoms with E-state index in [1.54, 1.807) is 6.20 Å². The topological polar surface area (TPSA) is 84.8 Å². The van der Waals surface area contributed by atoms with Gasteiger partial charge < -0.3 is 14.6 Å². The minimum atomic E-state index is 0.514. The lowest BCUT2D eigenvalue weighted by atomic mass is 10.1. The molecule has 8 nitrogen and oxygen atoms in total. The van der Waals surface area contributed by atoms with Crippen LogP contribution in [-0.2, 0) is 11.2 Å². The molecular formula is C22H21N7O. The molecule has 0 unspecified atom stereocenters. The largest absolute Gasteiger partial charge is 0.378 e. The van der Waals surface area contributed by atoms with E-state index in [9.17, 15) is 0 Å². The standard InChI is InChI=1S/C22H21N7O/c1-3-15-14-29(19(4-2)24-15)22-26-20(17-6-5-7-18-16(17)8-9-23-18)25-21(27-22)28-10-12-30-13-11-28/h1,5-9,14,23H,4,10-13H2,2H3. The SMILES string of the molecule is C#Cc1cn(-c2nc(-c3cccc4[nH]ccc34)nc(N3CCOCC3)n2)c(CC)n1. The van der Waals surface area contributed by atoms with Crippen molar-refractivity contribution in [2.45, 2.75) is 13.3 Å². The Morgan fingerprint density at radius 3 is 2.73 bits per heavy atom. The highest BCUT2D eigenvalue weighted by Gasteiger charge is 2.20. The molecule has 1 fully saturated rings. The van der Waals surface area contributed by atoms with Gasteiger partial charge in [-0.15, -0.1) is 6.42 Å². The summed E-state index contributed by atoms with van der Waals surface area (Å²) >= 11 is 0. The Kier molecular flexibility index (Phi) is 4.65. The van der Waals surface area contributed by atoms with Crippen molar-refractivity contribution in [1.82, 2.24) is 29.5 Å². The number of anilines is 1. The van der Waals surface area contributed by atoms with Gasteiger partial charge in [0.15, 0.2) is 5.82 Å². The zero-order valence-corrected chi connectivity index (χ0v) is 16.7. The first-order chi connectivity index (χ1) is 14.8. The highest BCUT2D eigenvalue weighted by atomic mass is 16.5. The summed E-state index contributed by atoms with van der Waals surface area (Å²) in [6.45, 7) is 4.80. The molecule has 4 heterocycles. The second-order valence-electron chi connectivity index (χ2n) is 7.01. The summed E-state index contributed by atoms with van der Waals surface area (Å²) < 4.78 is 7.36. The number of ether oxygens (including phenoxy) is 1. The maximum absolute atomic E-state index is 5.58. The molecule has 0 bridgehead atoms. The number of nitrogens with zero attached hydrogens (tertiary/aromatic N) is 6. The fourth-order valence-corrected chi connectivity index (χ4v) is 3.68. The third-order valence-corrected chi connectivity index (χ3v) is 5.20. The summed E-state index contributed by atoms with van der Waals surface area (Å²) in [6, 6.07) is 8.10. The number of aromatic amines is 1. The lowest BCUT2D eigenvalue weighted by Gasteiger charge is -2.27. The van der Waals surface area contributed by atoms with E-state index in [1.807, 2.05) is 42.0 Å². The van der Waals surface area contributed by atoms with Crippen LogP contribution in [0.25, 0.3) is 28.2 Å². The first-order valence-electron chi connectivity index (χ1n) is 9.97. The van der Waals surface area contributed by atoms with Crippen molar-refractivity contribution in [2.75, 3.05) is 31.2 Å². The molecule has 1 saturated heterocycles. The molecule has 5 rings (SSSR count). The van der Waals surface area contributed by atoms with Crippen LogP contribution >= 0.6 is 0 Å². The molecule has 0 saturated carbocycles. The van der Waals surface area contributed by atoms with Crippen molar-refractivity contribution >= 4 is 16.9 Å². The van der Waals surface area contributed by atoms with Gasteiger partial charge in [0.05, 0.1) is 13.2 Å². The van der Waals surface area contributed by atoms with E-state index in [0.29, 0.717) is 43.0 Å². The van der Waals surface area contributed by atoms with Gasteiger partial charge in [0.1, 0.15) is 11.5 Å². The Morgan fingerprint density at radius 1 is 1.10 bits per heavy atom. The Morgan fingerprint density at radius 2 is 1.93 bits per heavy atom. The van der Waals surface area contributed by atoms with Gasteiger partial charge in [0.2, 0.25) is 11.9 Å². The van der Waals surface area contributed by atoms with E-state index in [-0.39, 0.29) is 0 Å². The average Bonchev–Trinajstić information content (AvgIpc) is 3.46. The molecule has 1 N–H and O–H groups in total. The molecule has 0 atom stereocenters. The number of fused-ring (bicyclic) bond motifs is 1. The van der Waals surface area contributed by atoms with Crippen LogP contribution in [0.15, 0.2) is 36.7 Å². The molecule has 1 aliphatic heterocycles. The minimum absolute atomic E-state index is 0.514. The van der Waals surface area contributed by atoms with Gasteiger partial charge in [-0.25, -0.2) is 4.98 Å². The van der Waals surface area contributed by atoms with Crippen LogP contribution < -0.4 is 4.90 Å². The van der Waals surface area contributed by atoms with Crippen molar-refractivity contribution in [1.29, 1.82) is 0 Å². The zero-order valence-electron chi connectivity index (χ0n) is 16.7. The number of hydrogen-bond donors (Lipinski definition) is 1. The van der Waals surface area contributed by atoms with Gasteiger partial charge in [0.25, 0.3) is 0 Å². The summed E-state index contributed by atoms with van der Waals surface area (Å²) in [5.74, 6) is 5.17. The molecular weight excluding hydrogens is 378 g/mol. The number of hydrogen-bond acceptors (Lipinski definition) is 6. The highest BCUT2D eigenvalue weighted by Crippen LogP contribution is 2.27. The number of nitrogens with one attached hydrogen (secondary N) is 1. The summed E-state index contributed by atoms with van der Waals surface area (Å²) in [5.41, 5.74) is 2.55. The van der Waals surface area contributed by atoms with E-state index in [4.69, 9.17) is 26.1 Å². The van der Waals surface area contributed by atoms with Crippen LogP contribution in [0.3, 0.4) is 0 Å². The lowest BCUT2D eigenvalue weighted by Crippen LogP contribution is -2.37. The summed E-state index contributed by atoms with van der Waals surface area (Å²) in [4.78, 5) is 24.3. The number of morpholine rings is 1. The van der Waals surface area contributed by atoms with Gasteiger partial charge in [-0.2, -0.15) is 15.0 Å². The molecule has 1 aliphatic rings. The highest BCUT2D eigenvalue weighted by molar-refractivity contribution is 5.93. The number of terminal acetylenes is 1. The molecule has 0 spiro atoms. The predicted molar refractivity (Wildman–Crippen MR) is 115 cm³/mol. The number of aromatic nitrogens is 6. The second kappa shape index (κ2) is 7.61. The van der Waals surface area contributed by atoms with E-state index in [1.165, 1.54) is 0 Å². The maximum Gasteiger partial charge on any atom is 0.240 e. The fourth-order valence-electron chi connectivity index (χ4n) is 3.68. The number of imidazole rings is 1. The Balaban J connectivity index is 1.71. The molecule has 150 valence electrons. The Hall–Kier alpha value is -3.70. The molecule has 0 amide bonds. The molecule has 1 aromatic carbocycles. The first-order valence-corrected chi connectivity index (χ1v) is 9.97. The summed E-state index contributed by atoms with van der Waals surface area (Å²) in [7, 11) is 0. The smallest absolute Gasteiger partial charge is 0.240 e. The lowest BCUT2D eigenvalue weighted by molar-refractivity contribution is 0.122. The Labute approximate surface area is 174 Å². The van der Waals surface area contributed by atoms with Crippen molar-refractivity contribution in [3.63, 3.8) is 0 Å². The van der Waals surface area contributed by atoms with Crippen LogP contribution in [0.1, 0.15) is 18.4 Å². The third kappa shape index (κ3) is 3.19. The van der Waals surface area contributed by atoms with Gasteiger partial charge >= 0.3 is 0 Å². The molecule has 3 aromatic heterocycles. The average molecular weight is 399 g/mol. The van der Waals surface area contributed by atoms with Crippen molar-refractivity contribution in [3.05, 3.63) is 48.2 Å². The minimum Gasteiger partial charge on any atom is -0.378 e. The van der Waals surface area contributed by atoms with Crippen LogP contribution in [0.2, 0.25) is 0 Å². The van der Waals surface area contributed by atoms with E-state index in [2.05, 4.69) is 20.8 Å². The molecule has 0 aliphatic carbocycles. The van der Waals surface area contributed by atoms with E-state index < -0.39 is 0 Å². The van der Waals surface area contributed by atoms with Crippen molar-refractivity contribution in [3.8, 4) is 29.7 Å². The third-order valence-electron chi connectivity index (χ3n) is 5.20. The van der Waals surface area contributed by atoms with Gasteiger partial charge in [-0.05, 0) is 18.1 Å². The quantitative estimate of drug-likeness (QED) is 0.531. The van der Waals surface area contributed by atoms with Crippen LogP contribution in [-0.4, -0.2) is 55.8 Å². The van der Waals surface area contributed by atoms with Crippen molar-refractivity contribution in [2.24, 2.45) is 0 Å². The van der Waals surface area contributed by atoms with Gasteiger partial charge in [-0.3, -0.25) is 4.57 Å². The Bertz CT molecular complexity index is 1240. The number of aryl methyl sites for hydroxylation is 1. The van der Waals surface area contributed by atoms with E-state index >= 15 is 0 Å². The number of H-pyrrole nitrogens is 1. The van der Waals surface area contributed by atoms with E-state index in [0.717, 1.165) is 35.4 Å².